The lowest BCUT2D eigenvalue weighted by Gasteiger charge is -2.14. The Morgan fingerprint density at radius 2 is 1.81 bits per heavy atom. The molecule has 1 aromatic heterocycles. The van der Waals surface area contributed by atoms with Crippen molar-refractivity contribution >= 4 is 17.9 Å². The maximum absolute atomic E-state index is 12.2. The monoisotopic (exact) mass is 431 g/mol. The second-order valence-electron chi connectivity index (χ2n) is 7.16. The third-order valence-electron chi connectivity index (χ3n) is 5.26. The van der Waals surface area contributed by atoms with Crippen LogP contribution < -0.4 is 10.1 Å². The predicted octanol–water partition coefficient (Wildman–Crippen LogP) is 4.55. The van der Waals surface area contributed by atoms with Gasteiger partial charge in [0.15, 0.2) is 0 Å². The van der Waals surface area contributed by atoms with Crippen LogP contribution in [0.3, 0.4) is 0 Å². The van der Waals surface area contributed by atoms with Crippen molar-refractivity contribution in [2.24, 2.45) is 0 Å². The summed E-state index contributed by atoms with van der Waals surface area (Å²) in [5, 5.41) is 13.7. The molecule has 0 unspecified atom stereocenters. The van der Waals surface area contributed by atoms with Crippen molar-refractivity contribution in [2.75, 3.05) is 20.3 Å². The van der Waals surface area contributed by atoms with E-state index in [-0.39, 0.29) is 30.6 Å². The normalized spacial score (nSPS) is 12.3. The number of pyridine rings is 1. The van der Waals surface area contributed by atoms with Crippen LogP contribution in [0.15, 0.2) is 66.9 Å². The Balaban J connectivity index is 1.33. The van der Waals surface area contributed by atoms with Crippen molar-refractivity contribution in [1.82, 2.24) is 10.3 Å². The number of rotatable bonds is 7. The van der Waals surface area contributed by atoms with Gasteiger partial charge in [0.25, 0.3) is 5.88 Å². The SMILES string of the molecule is COc1ncc(C=CCNC(=O)OCC2c3ccccc3-c3ccccc32)cc1[N+](=O)[O-]. The van der Waals surface area contributed by atoms with E-state index >= 15 is 0 Å². The molecule has 1 N–H and O–H groups in total. The van der Waals surface area contributed by atoms with E-state index in [1.165, 1.54) is 30.5 Å². The van der Waals surface area contributed by atoms with E-state index in [0.29, 0.717) is 5.56 Å². The van der Waals surface area contributed by atoms with Crippen molar-refractivity contribution in [1.29, 1.82) is 0 Å². The quantitative estimate of drug-likeness (QED) is 0.435. The van der Waals surface area contributed by atoms with Crippen LogP contribution in [0.5, 0.6) is 5.88 Å². The van der Waals surface area contributed by atoms with Crippen molar-refractivity contribution < 1.29 is 19.2 Å². The van der Waals surface area contributed by atoms with E-state index in [1.54, 1.807) is 12.2 Å². The summed E-state index contributed by atoms with van der Waals surface area (Å²) in [6.45, 7) is 0.439. The molecule has 8 nitrogen and oxygen atoms in total. The molecule has 1 aliphatic rings. The van der Waals surface area contributed by atoms with Crippen molar-refractivity contribution in [3.63, 3.8) is 0 Å². The molecule has 3 aromatic rings. The Bertz CT molecular complexity index is 1150. The fourth-order valence-electron chi connectivity index (χ4n) is 3.82. The average molecular weight is 431 g/mol. The maximum Gasteiger partial charge on any atom is 0.407 e. The molecule has 0 radical (unpaired) electrons. The van der Waals surface area contributed by atoms with Gasteiger partial charge in [0, 0.05) is 24.7 Å². The first-order valence-electron chi connectivity index (χ1n) is 10.0. The molecular weight excluding hydrogens is 410 g/mol. The highest BCUT2D eigenvalue weighted by Crippen LogP contribution is 2.44. The minimum atomic E-state index is -0.557. The van der Waals surface area contributed by atoms with Gasteiger partial charge in [-0.3, -0.25) is 10.1 Å². The molecule has 0 fully saturated rings. The van der Waals surface area contributed by atoms with Gasteiger partial charge in [-0.1, -0.05) is 60.7 Å². The zero-order valence-corrected chi connectivity index (χ0v) is 17.4. The molecule has 0 atom stereocenters. The predicted molar refractivity (Wildman–Crippen MR) is 120 cm³/mol. The molecule has 32 heavy (non-hydrogen) atoms. The highest BCUT2D eigenvalue weighted by Gasteiger charge is 2.28. The van der Waals surface area contributed by atoms with Crippen molar-refractivity contribution in [2.45, 2.75) is 5.92 Å². The molecule has 8 heteroatoms. The van der Waals surface area contributed by atoms with Crippen molar-refractivity contribution in [3.8, 4) is 17.0 Å². The lowest BCUT2D eigenvalue weighted by atomic mass is 9.98. The number of aromatic nitrogens is 1. The Hall–Kier alpha value is -4.20. The summed E-state index contributed by atoms with van der Waals surface area (Å²) in [7, 11) is 1.32. The van der Waals surface area contributed by atoms with Gasteiger partial charge in [-0.15, -0.1) is 0 Å². The fraction of sp³-hybridized carbons (Fsp3) is 0.167. The molecule has 0 saturated heterocycles. The largest absolute Gasteiger partial charge is 0.476 e. The summed E-state index contributed by atoms with van der Waals surface area (Å²) in [4.78, 5) is 26.6. The van der Waals surface area contributed by atoms with Crippen LogP contribution in [0.25, 0.3) is 17.2 Å². The van der Waals surface area contributed by atoms with Crippen LogP contribution in [0.4, 0.5) is 10.5 Å². The molecule has 0 saturated carbocycles. The molecule has 0 spiro atoms. The van der Waals surface area contributed by atoms with Gasteiger partial charge in [-0.2, -0.15) is 0 Å². The van der Waals surface area contributed by atoms with Gasteiger partial charge in [0.2, 0.25) is 0 Å². The number of methoxy groups -OCH3 is 1. The molecule has 0 bridgehead atoms. The van der Waals surface area contributed by atoms with Gasteiger partial charge in [-0.25, -0.2) is 9.78 Å². The number of benzene rings is 2. The number of nitro groups is 1. The van der Waals surface area contributed by atoms with E-state index < -0.39 is 11.0 Å². The highest BCUT2D eigenvalue weighted by atomic mass is 16.6. The Labute approximate surface area is 184 Å². The summed E-state index contributed by atoms with van der Waals surface area (Å²) in [6.07, 6.45) is 4.21. The minimum Gasteiger partial charge on any atom is -0.476 e. The van der Waals surface area contributed by atoms with Crippen molar-refractivity contribution in [3.05, 3.63) is 93.7 Å². The number of carbonyl (C=O) groups is 1. The van der Waals surface area contributed by atoms with Gasteiger partial charge in [0.05, 0.1) is 12.0 Å². The van der Waals surface area contributed by atoms with Gasteiger partial charge < -0.3 is 14.8 Å². The summed E-state index contributed by atoms with van der Waals surface area (Å²) >= 11 is 0. The number of nitrogens with one attached hydrogen (secondary N) is 1. The zero-order valence-electron chi connectivity index (χ0n) is 17.4. The minimum absolute atomic E-state index is 0.00499. The first-order chi connectivity index (χ1) is 15.6. The topological polar surface area (TPSA) is 104 Å². The van der Waals surface area contributed by atoms with Crippen LogP contribution in [0, 0.1) is 10.1 Å². The van der Waals surface area contributed by atoms with E-state index in [4.69, 9.17) is 9.47 Å². The molecule has 162 valence electrons. The second kappa shape index (κ2) is 9.30. The number of carbonyl (C=O) groups excluding carboxylic acids is 1. The van der Waals surface area contributed by atoms with Crippen LogP contribution in [0.2, 0.25) is 0 Å². The Morgan fingerprint density at radius 3 is 2.44 bits per heavy atom. The number of alkyl carbamates (subject to hydrolysis) is 1. The molecule has 1 amide bonds. The summed E-state index contributed by atoms with van der Waals surface area (Å²) in [5.41, 5.74) is 4.93. The standard InChI is InChI=1S/C24H21N3O5/c1-31-23-22(27(29)30)13-16(14-26-23)7-6-12-25-24(28)32-15-21-19-10-4-2-8-17(19)18-9-3-5-11-20(18)21/h2-11,13-14,21H,12,15H2,1H3,(H,25,28). The van der Waals surface area contributed by atoms with E-state index in [0.717, 1.165) is 11.1 Å². The van der Waals surface area contributed by atoms with Gasteiger partial charge in [0.1, 0.15) is 6.61 Å². The lowest BCUT2D eigenvalue weighted by Crippen LogP contribution is -2.26. The van der Waals surface area contributed by atoms with E-state index in [1.807, 2.05) is 24.3 Å². The molecule has 2 aromatic carbocycles. The number of hydrogen-bond acceptors (Lipinski definition) is 6. The number of fused-ring (bicyclic) bond motifs is 3. The molecule has 1 heterocycles. The fourth-order valence-corrected chi connectivity index (χ4v) is 3.82. The zero-order chi connectivity index (χ0) is 22.5. The van der Waals surface area contributed by atoms with Crippen LogP contribution >= 0.6 is 0 Å². The first-order valence-corrected chi connectivity index (χ1v) is 10.0. The second-order valence-corrected chi connectivity index (χ2v) is 7.16. The van der Waals surface area contributed by atoms with E-state index in [2.05, 4.69) is 34.6 Å². The molecular formula is C24H21N3O5. The Morgan fingerprint density at radius 1 is 1.16 bits per heavy atom. The van der Waals surface area contributed by atoms with E-state index in [9.17, 15) is 14.9 Å². The third-order valence-corrected chi connectivity index (χ3v) is 5.26. The van der Waals surface area contributed by atoms with Crippen LogP contribution in [0.1, 0.15) is 22.6 Å². The summed E-state index contributed by atoms with van der Waals surface area (Å²) in [6, 6.07) is 17.6. The number of ether oxygens (including phenoxy) is 2. The highest BCUT2D eigenvalue weighted by molar-refractivity contribution is 5.79. The number of amides is 1. The summed E-state index contributed by atoms with van der Waals surface area (Å²) in [5.74, 6) is -0.0569. The molecule has 1 aliphatic carbocycles. The number of nitrogens with zero attached hydrogens (tertiary/aromatic N) is 2. The molecule has 4 rings (SSSR count). The summed E-state index contributed by atoms with van der Waals surface area (Å²) < 4.78 is 10.4. The van der Waals surface area contributed by atoms with Gasteiger partial charge >= 0.3 is 11.8 Å². The van der Waals surface area contributed by atoms with Crippen LogP contribution in [-0.4, -0.2) is 36.3 Å². The lowest BCUT2D eigenvalue weighted by molar-refractivity contribution is -0.386. The molecule has 0 aliphatic heterocycles. The number of hydrogen-bond donors (Lipinski definition) is 1. The van der Waals surface area contributed by atoms with Gasteiger partial charge in [-0.05, 0) is 27.8 Å². The van der Waals surface area contributed by atoms with Crippen LogP contribution in [-0.2, 0) is 4.74 Å². The third kappa shape index (κ3) is 4.29. The first kappa shape index (κ1) is 21.0. The Kier molecular flexibility index (Phi) is 6.12. The average Bonchev–Trinajstić information content (AvgIpc) is 3.14. The smallest absolute Gasteiger partial charge is 0.407 e. The maximum atomic E-state index is 12.2.